The Kier molecular flexibility index (Phi) is 6.13. The number of para-hydroxylation sites is 1. The van der Waals surface area contributed by atoms with Gasteiger partial charge in [-0.05, 0) is 48.9 Å². The molecular formula is C26H23FN2O4. The van der Waals surface area contributed by atoms with Crippen LogP contribution in [0.25, 0.3) is 22.2 Å². The van der Waals surface area contributed by atoms with Crippen LogP contribution in [0.4, 0.5) is 10.1 Å². The highest BCUT2D eigenvalue weighted by Crippen LogP contribution is 2.41. The summed E-state index contributed by atoms with van der Waals surface area (Å²) in [7, 11) is 4.59. The maximum atomic E-state index is 14.3. The third-order valence-corrected chi connectivity index (χ3v) is 5.29. The lowest BCUT2D eigenvalue weighted by Crippen LogP contribution is -2.14. The molecule has 6 nitrogen and oxygen atoms in total. The van der Waals surface area contributed by atoms with E-state index in [0.29, 0.717) is 45.0 Å². The molecule has 7 heteroatoms. The summed E-state index contributed by atoms with van der Waals surface area (Å²) >= 11 is 0. The molecule has 4 aromatic rings. The molecular weight excluding hydrogens is 423 g/mol. The number of carbonyl (C=O) groups excluding carboxylic acids is 1. The zero-order valence-corrected chi connectivity index (χ0v) is 18.7. The van der Waals surface area contributed by atoms with Gasteiger partial charge < -0.3 is 19.5 Å². The fourth-order valence-corrected chi connectivity index (χ4v) is 3.66. The summed E-state index contributed by atoms with van der Waals surface area (Å²) in [6.45, 7) is 1.83. The summed E-state index contributed by atoms with van der Waals surface area (Å²) < 4.78 is 30.6. The number of rotatable bonds is 6. The minimum atomic E-state index is -0.503. The summed E-state index contributed by atoms with van der Waals surface area (Å²) in [5, 5.41) is 3.34. The van der Waals surface area contributed by atoms with Gasteiger partial charge in [-0.3, -0.25) is 4.79 Å². The minimum Gasteiger partial charge on any atom is -0.493 e. The first kappa shape index (κ1) is 22.1. The van der Waals surface area contributed by atoms with Crippen molar-refractivity contribution in [2.45, 2.75) is 6.92 Å². The number of benzene rings is 3. The molecule has 3 aromatic carbocycles. The summed E-state index contributed by atoms with van der Waals surface area (Å²) in [4.78, 5) is 18.0. The molecule has 0 saturated heterocycles. The van der Waals surface area contributed by atoms with Crippen LogP contribution in [0, 0.1) is 12.7 Å². The largest absolute Gasteiger partial charge is 0.493 e. The van der Waals surface area contributed by atoms with E-state index < -0.39 is 11.7 Å². The van der Waals surface area contributed by atoms with Gasteiger partial charge in [0.1, 0.15) is 5.82 Å². The molecule has 1 amide bonds. The fourth-order valence-electron chi connectivity index (χ4n) is 3.66. The number of aryl methyl sites for hydroxylation is 1. The Hall–Kier alpha value is -4.13. The van der Waals surface area contributed by atoms with Gasteiger partial charge in [-0.15, -0.1) is 0 Å². The Morgan fingerprint density at radius 1 is 0.909 bits per heavy atom. The van der Waals surface area contributed by atoms with E-state index in [1.165, 1.54) is 27.4 Å². The van der Waals surface area contributed by atoms with E-state index in [1.54, 1.807) is 30.3 Å². The van der Waals surface area contributed by atoms with Gasteiger partial charge >= 0.3 is 0 Å². The molecule has 4 rings (SSSR count). The number of anilines is 1. The zero-order chi connectivity index (χ0) is 23.5. The topological polar surface area (TPSA) is 69.7 Å². The molecule has 0 unspecified atom stereocenters. The average Bonchev–Trinajstić information content (AvgIpc) is 2.84. The van der Waals surface area contributed by atoms with Crippen molar-refractivity contribution in [3.63, 3.8) is 0 Å². The average molecular weight is 446 g/mol. The molecule has 33 heavy (non-hydrogen) atoms. The van der Waals surface area contributed by atoms with Crippen LogP contribution in [-0.2, 0) is 0 Å². The summed E-state index contributed by atoms with van der Waals surface area (Å²) in [5.41, 5.74) is 3.15. The van der Waals surface area contributed by atoms with Crippen LogP contribution >= 0.6 is 0 Å². The number of hydrogen-bond donors (Lipinski definition) is 1. The van der Waals surface area contributed by atoms with E-state index in [0.717, 1.165) is 5.56 Å². The van der Waals surface area contributed by atoms with Gasteiger partial charge in [0.05, 0.1) is 43.8 Å². The predicted molar refractivity (Wildman–Crippen MR) is 126 cm³/mol. The van der Waals surface area contributed by atoms with Crippen molar-refractivity contribution in [1.29, 1.82) is 0 Å². The third-order valence-electron chi connectivity index (χ3n) is 5.29. The van der Waals surface area contributed by atoms with E-state index in [1.807, 2.05) is 31.2 Å². The highest BCUT2D eigenvalue weighted by Gasteiger charge is 2.19. The van der Waals surface area contributed by atoms with Crippen LogP contribution in [0.5, 0.6) is 17.2 Å². The number of carbonyl (C=O) groups is 1. The van der Waals surface area contributed by atoms with Crippen molar-refractivity contribution in [2.75, 3.05) is 26.6 Å². The zero-order valence-electron chi connectivity index (χ0n) is 18.7. The molecule has 0 radical (unpaired) electrons. The van der Waals surface area contributed by atoms with Gasteiger partial charge in [0.2, 0.25) is 5.75 Å². The lowest BCUT2D eigenvalue weighted by atomic mass is 10.0. The Labute approximate surface area is 190 Å². The summed E-state index contributed by atoms with van der Waals surface area (Å²) in [6.07, 6.45) is 0. The van der Waals surface area contributed by atoms with Gasteiger partial charge in [0, 0.05) is 10.9 Å². The Balaban J connectivity index is 1.86. The van der Waals surface area contributed by atoms with Gasteiger partial charge in [0.25, 0.3) is 5.91 Å². The molecule has 0 aliphatic carbocycles. The van der Waals surface area contributed by atoms with Crippen LogP contribution in [0.1, 0.15) is 15.9 Å². The Morgan fingerprint density at radius 3 is 2.27 bits per heavy atom. The van der Waals surface area contributed by atoms with Crippen LogP contribution in [0.2, 0.25) is 0 Å². The number of nitrogens with one attached hydrogen (secondary N) is 1. The van der Waals surface area contributed by atoms with E-state index in [2.05, 4.69) is 5.32 Å². The Bertz CT molecular complexity index is 1330. The van der Waals surface area contributed by atoms with Crippen LogP contribution in [0.3, 0.4) is 0 Å². The minimum absolute atomic E-state index is 0.121. The van der Waals surface area contributed by atoms with E-state index in [-0.39, 0.29) is 5.69 Å². The second kappa shape index (κ2) is 9.16. The predicted octanol–water partition coefficient (Wildman–Crippen LogP) is 5.63. The molecule has 1 heterocycles. The van der Waals surface area contributed by atoms with E-state index in [9.17, 15) is 9.18 Å². The van der Waals surface area contributed by atoms with Crippen LogP contribution in [-0.4, -0.2) is 32.2 Å². The lowest BCUT2D eigenvalue weighted by Gasteiger charge is -2.15. The second-order valence-electron chi connectivity index (χ2n) is 7.42. The monoisotopic (exact) mass is 446 g/mol. The van der Waals surface area contributed by atoms with Crippen molar-refractivity contribution in [2.24, 2.45) is 0 Å². The maximum absolute atomic E-state index is 14.3. The maximum Gasteiger partial charge on any atom is 0.256 e. The van der Waals surface area contributed by atoms with Crippen molar-refractivity contribution < 1.29 is 23.4 Å². The molecule has 0 fully saturated rings. The number of methoxy groups -OCH3 is 3. The third kappa shape index (κ3) is 4.30. The normalized spacial score (nSPS) is 10.7. The fraction of sp³-hybridized carbons (Fsp3) is 0.154. The van der Waals surface area contributed by atoms with E-state index >= 15 is 0 Å². The number of nitrogens with zero attached hydrogens (tertiary/aromatic N) is 1. The number of fused-ring (bicyclic) bond motifs is 1. The van der Waals surface area contributed by atoms with E-state index in [4.69, 9.17) is 19.2 Å². The number of pyridine rings is 1. The first-order chi connectivity index (χ1) is 15.9. The number of halogens is 1. The van der Waals surface area contributed by atoms with Crippen molar-refractivity contribution in [1.82, 2.24) is 4.98 Å². The highest BCUT2D eigenvalue weighted by molar-refractivity contribution is 6.13. The molecule has 0 bridgehead atoms. The van der Waals surface area contributed by atoms with Crippen LogP contribution in [0.15, 0.2) is 60.7 Å². The lowest BCUT2D eigenvalue weighted by molar-refractivity contribution is 0.102. The van der Waals surface area contributed by atoms with Crippen molar-refractivity contribution >= 4 is 22.5 Å². The molecule has 1 aromatic heterocycles. The molecule has 0 aliphatic rings. The molecule has 0 atom stereocenters. The SMILES string of the molecule is COc1cc(-c2cc(C(=O)Nc3cc(C)ccc3F)c3ccccc3n2)cc(OC)c1OC. The standard InChI is InChI=1S/C26H23FN2O4/c1-15-9-10-19(27)22(11-15)29-26(30)18-14-21(28-20-8-6-5-7-17(18)20)16-12-23(31-2)25(33-4)24(13-16)32-3/h5-14H,1-4H3,(H,29,30). The highest BCUT2D eigenvalue weighted by atomic mass is 19.1. The van der Waals surface area contributed by atoms with Crippen molar-refractivity contribution in [3.8, 4) is 28.5 Å². The number of aromatic nitrogens is 1. The summed E-state index contributed by atoms with van der Waals surface area (Å²) in [6, 6.07) is 17.1. The molecule has 0 saturated carbocycles. The van der Waals surface area contributed by atoms with Crippen molar-refractivity contribution in [3.05, 3.63) is 77.6 Å². The molecule has 0 aliphatic heterocycles. The number of hydrogen-bond acceptors (Lipinski definition) is 5. The second-order valence-corrected chi connectivity index (χ2v) is 7.42. The summed E-state index contributed by atoms with van der Waals surface area (Å²) in [5.74, 6) is 0.450. The van der Waals surface area contributed by atoms with Gasteiger partial charge in [-0.2, -0.15) is 0 Å². The number of ether oxygens (including phenoxy) is 3. The molecule has 1 N–H and O–H groups in total. The van der Waals surface area contributed by atoms with Crippen LogP contribution < -0.4 is 19.5 Å². The quantitative estimate of drug-likeness (QED) is 0.416. The first-order valence-corrected chi connectivity index (χ1v) is 10.2. The van der Waals surface area contributed by atoms with Gasteiger partial charge in [-0.1, -0.05) is 24.3 Å². The van der Waals surface area contributed by atoms with Gasteiger partial charge in [0.15, 0.2) is 11.5 Å². The number of amides is 1. The smallest absolute Gasteiger partial charge is 0.256 e. The molecule has 168 valence electrons. The first-order valence-electron chi connectivity index (χ1n) is 10.2. The molecule has 0 spiro atoms. The van der Waals surface area contributed by atoms with Gasteiger partial charge in [-0.25, -0.2) is 9.37 Å². The Morgan fingerprint density at radius 2 is 1.61 bits per heavy atom.